The molecule has 0 bridgehead atoms. The van der Waals surface area contributed by atoms with Crippen molar-refractivity contribution in [2.24, 2.45) is 0 Å². The molecule has 0 fully saturated rings. The topological polar surface area (TPSA) is 35.5 Å². The van der Waals surface area contributed by atoms with E-state index in [1.165, 1.54) is 0 Å². The van der Waals surface area contributed by atoms with Crippen molar-refractivity contribution < 1.29 is 14.3 Å². The van der Waals surface area contributed by atoms with Gasteiger partial charge in [0.25, 0.3) is 5.24 Å². The van der Waals surface area contributed by atoms with Crippen molar-refractivity contribution in [3.63, 3.8) is 0 Å². The van der Waals surface area contributed by atoms with Crippen LogP contribution in [0.2, 0.25) is 0 Å². The number of hydrogen-bond acceptors (Lipinski definition) is 3. The Hall–Kier alpha value is -1.48. The lowest BCUT2D eigenvalue weighted by Gasteiger charge is -2.15. The molecule has 1 aromatic carbocycles. The Morgan fingerprint density at radius 2 is 2.24 bits per heavy atom. The first-order chi connectivity index (χ1) is 8.20. The van der Waals surface area contributed by atoms with Gasteiger partial charge in [0.1, 0.15) is 6.10 Å². The molecule has 0 saturated heterocycles. The van der Waals surface area contributed by atoms with Gasteiger partial charge in [0, 0.05) is 5.56 Å². The van der Waals surface area contributed by atoms with E-state index in [1.807, 2.05) is 6.08 Å². The van der Waals surface area contributed by atoms with Gasteiger partial charge in [-0.1, -0.05) is 6.08 Å². The molecular formula is C13H13ClO3. The summed E-state index contributed by atoms with van der Waals surface area (Å²) in [6.45, 7) is 0. The van der Waals surface area contributed by atoms with Gasteiger partial charge in [0.15, 0.2) is 11.5 Å². The molecule has 0 N–H and O–H groups in total. The summed E-state index contributed by atoms with van der Waals surface area (Å²) in [7, 11) is 1.56. The fourth-order valence-electron chi connectivity index (χ4n) is 1.76. The first-order valence-corrected chi connectivity index (χ1v) is 5.79. The van der Waals surface area contributed by atoms with Crippen LogP contribution in [-0.2, 0) is 0 Å². The maximum Gasteiger partial charge on any atom is 0.252 e. The van der Waals surface area contributed by atoms with E-state index in [9.17, 15) is 4.79 Å². The van der Waals surface area contributed by atoms with E-state index in [-0.39, 0.29) is 6.10 Å². The number of methoxy groups -OCH3 is 1. The Kier molecular flexibility index (Phi) is 3.69. The molecule has 0 aromatic heterocycles. The zero-order valence-electron chi connectivity index (χ0n) is 9.48. The molecule has 0 amide bonds. The van der Waals surface area contributed by atoms with Gasteiger partial charge in [0.05, 0.1) is 7.11 Å². The first-order valence-electron chi connectivity index (χ1n) is 5.42. The number of carbonyl (C=O) groups is 1. The van der Waals surface area contributed by atoms with Crippen LogP contribution in [-0.4, -0.2) is 18.5 Å². The number of ether oxygens (including phenoxy) is 2. The van der Waals surface area contributed by atoms with Gasteiger partial charge in [-0.3, -0.25) is 4.79 Å². The zero-order valence-corrected chi connectivity index (χ0v) is 10.2. The van der Waals surface area contributed by atoms with Crippen LogP contribution < -0.4 is 9.47 Å². The summed E-state index contributed by atoms with van der Waals surface area (Å²) >= 11 is 5.44. The molecule has 90 valence electrons. The van der Waals surface area contributed by atoms with E-state index in [2.05, 4.69) is 6.08 Å². The van der Waals surface area contributed by atoms with Gasteiger partial charge in [-0.25, -0.2) is 0 Å². The van der Waals surface area contributed by atoms with Crippen LogP contribution in [0.4, 0.5) is 0 Å². The van der Waals surface area contributed by atoms with E-state index in [0.717, 1.165) is 12.8 Å². The third-order valence-corrected chi connectivity index (χ3v) is 2.86. The van der Waals surface area contributed by atoms with Gasteiger partial charge in [-0.2, -0.15) is 0 Å². The molecule has 0 radical (unpaired) electrons. The zero-order chi connectivity index (χ0) is 12.3. The second kappa shape index (κ2) is 5.23. The smallest absolute Gasteiger partial charge is 0.252 e. The number of hydrogen-bond donors (Lipinski definition) is 0. The molecule has 0 heterocycles. The van der Waals surface area contributed by atoms with Crippen LogP contribution in [0.5, 0.6) is 11.5 Å². The summed E-state index contributed by atoms with van der Waals surface area (Å²) in [4.78, 5) is 11.1. The van der Waals surface area contributed by atoms with E-state index in [0.29, 0.717) is 17.1 Å². The average molecular weight is 253 g/mol. The second-order valence-electron chi connectivity index (χ2n) is 3.80. The van der Waals surface area contributed by atoms with E-state index < -0.39 is 5.24 Å². The van der Waals surface area contributed by atoms with E-state index in [1.54, 1.807) is 25.3 Å². The van der Waals surface area contributed by atoms with Crippen molar-refractivity contribution in [3.05, 3.63) is 35.9 Å². The maximum absolute atomic E-state index is 11.1. The number of carbonyl (C=O) groups excluding carboxylic acids is 1. The SMILES string of the molecule is COc1ccc(C(=O)Cl)cc1OC1C=CCC1. The van der Waals surface area contributed by atoms with Crippen molar-refractivity contribution in [2.75, 3.05) is 7.11 Å². The third-order valence-electron chi connectivity index (χ3n) is 2.64. The predicted molar refractivity (Wildman–Crippen MR) is 66.0 cm³/mol. The van der Waals surface area contributed by atoms with Crippen molar-refractivity contribution in [1.29, 1.82) is 0 Å². The number of benzene rings is 1. The van der Waals surface area contributed by atoms with Crippen LogP contribution >= 0.6 is 11.6 Å². The molecule has 17 heavy (non-hydrogen) atoms. The Balaban J connectivity index is 2.25. The van der Waals surface area contributed by atoms with Gasteiger partial charge in [-0.15, -0.1) is 0 Å². The molecule has 1 unspecified atom stereocenters. The highest BCUT2D eigenvalue weighted by Crippen LogP contribution is 2.31. The highest BCUT2D eigenvalue weighted by molar-refractivity contribution is 6.67. The Morgan fingerprint density at radius 3 is 2.82 bits per heavy atom. The lowest BCUT2D eigenvalue weighted by molar-refractivity contribution is 0.108. The molecule has 0 saturated carbocycles. The van der Waals surface area contributed by atoms with Crippen molar-refractivity contribution >= 4 is 16.8 Å². The number of allylic oxidation sites excluding steroid dienone is 1. The van der Waals surface area contributed by atoms with Gasteiger partial charge in [-0.05, 0) is 48.7 Å². The van der Waals surface area contributed by atoms with Gasteiger partial charge < -0.3 is 9.47 Å². The standard InChI is InChI=1S/C13H13ClO3/c1-16-11-7-6-9(13(14)15)8-12(11)17-10-4-2-3-5-10/h2,4,6-8,10H,3,5H2,1H3. The monoisotopic (exact) mass is 252 g/mol. The molecule has 1 aromatic rings. The molecule has 1 aliphatic carbocycles. The molecule has 0 spiro atoms. The predicted octanol–water partition coefficient (Wildman–Crippen LogP) is 3.17. The minimum Gasteiger partial charge on any atom is -0.493 e. The van der Waals surface area contributed by atoms with Crippen molar-refractivity contribution in [1.82, 2.24) is 0 Å². The van der Waals surface area contributed by atoms with Crippen LogP contribution in [0.1, 0.15) is 23.2 Å². The third kappa shape index (κ3) is 2.80. The summed E-state index contributed by atoms with van der Waals surface area (Å²) in [5.41, 5.74) is 0.407. The second-order valence-corrected chi connectivity index (χ2v) is 4.14. The minimum absolute atomic E-state index is 0.0459. The normalized spacial score (nSPS) is 18.1. The highest BCUT2D eigenvalue weighted by Gasteiger charge is 2.15. The molecule has 1 atom stereocenters. The van der Waals surface area contributed by atoms with Crippen molar-refractivity contribution in [3.8, 4) is 11.5 Å². The summed E-state index contributed by atoms with van der Waals surface area (Å²) in [5, 5.41) is -0.500. The Morgan fingerprint density at radius 1 is 1.41 bits per heavy atom. The summed E-state index contributed by atoms with van der Waals surface area (Å²) in [6.07, 6.45) is 6.09. The summed E-state index contributed by atoms with van der Waals surface area (Å²) in [5.74, 6) is 1.16. The summed E-state index contributed by atoms with van der Waals surface area (Å²) in [6, 6.07) is 4.91. The maximum atomic E-state index is 11.1. The number of rotatable bonds is 4. The average Bonchev–Trinajstić information content (AvgIpc) is 2.81. The molecule has 4 heteroatoms. The Bertz CT molecular complexity index is 454. The Labute approximate surface area is 105 Å². The van der Waals surface area contributed by atoms with Crippen LogP contribution in [0.15, 0.2) is 30.4 Å². The molecule has 0 aliphatic heterocycles. The van der Waals surface area contributed by atoms with Crippen LogP contribution in [0.25, 0.3) is 0 Å². The quantitative estimate of drug-likeness (QED) is 0.610. The fourth-order valence-corrected chi connectivity index (χ4v) is 1.87. The highest BCUT2D eigenvalue weighted by atomic mass is 35.5. The fraction of sp³-hybridized carbons (Fsp3) is 0.308. The first kappa shape index (κ1) is 12.0. The van der Waals surface area contributed by atoms with E-state index >= 15 is 0 Å². The number of halogens is 1. The molecule has 3 nitrogen and oxygen atoms in total. The minimum atomic E-state index is -0.500. The lowest BCUT2D eigenvalue weighted by atomic mass is 10.2. The molecule has 1 aliphatic rings. The lowest BCUT2D eigenvalue weighted by Crippen LogP contribution is -2.11. The van der Waals surface area contributed by atoms with Crippen molar-refractivity contribution in [2.45, 2.75) is 18.9 Å². The summed E-state index contributed by atoms with van der Waals surface area (Å²) < 4.78 is 11.0. The van der Waals surface area contributed by atoms with Crippen LogP contribution in [0, 0.1) is 0 Å². The molecular weight excluding hydrogens is 240 g/mol. The molecule has 2 rings (SSSR count). The van der Waals surface area contributed by atoms with Crippen LogP contribution in [0.3, 0.4) is 0 Å². The van der Waals surface area contributed by atoms with Gasteiger partial charge >= 0.3 is 0 Å². The van der Waals surface area contributed by atoms with E-state index in [4.69, 9.17) is 21.1 Å². The van der Waals surface area contributed by atoms with Gasteiger partial charge in [0.2, 0.25) is 0 Å². The largest absolute Gasteiger partial charge is 0.493 e.